The highest BCUT2D eigenvalue weighted by atomic mass is 19.3. The van der Waals surface area contributed by atoms with Crippen LogP contribution in [0, 0.1) is 0 Å². The third-order valence-corrected chi connectivity index (χ3v) is 0.376. The maximum Gasteiger partial charge on any atom is 0.263 e. The second kappa shape index (κ2) is 7.24. The lowest BCUT2D eigenvalue weighted by Crippen LogP contribution is -1.87. The van der Waals surface area contributed by atoms with E-state index in [2.05, 4.69) is 13.2 Å². The Bertz CT molecular complexity index is 125. The van der Waals surface area contributed by atoms with Crippen LogP contribution in [0.1, 0.15) is 6.42 Å². The van der Waals surface area contributed by atoms with E-state index in [-0.39, 0.29) is 0 Å². The van der Waals surface area contributed by atoms with Crippen LogP contribution in [0.5, 0.6) is 0 Å². The van der Waals surface area contributed by atoms with E-state index in [4.69, 9.17) is 0 Å². The number of rotatable bonds is 2. The fourth-order valence-electron chi connectivity index (χ4n) is 0.167. The average molecular weight is 174 g/mol. The number of alkyl halides is 2. The van der Waals surface area contributed by atoms with Crippen molar-refractivity contribution >= 4 is 0 Å². The Kier molecular flexibility index (Phi) is 8.41. The summed E-state index contributed by atoms with van der Waals surface area (Å²) in [6.07, 6.45) is -5.27. The van der Waals surface area contributed by atoms with Gasteiger partial charge in [-0.05, 0) is 6.58 Å². The smallest absolute Gasteiger partial charge is 0.212 e. The van der Waals surface area contributed by atoms with Crippen molar-refractivity contribution < 1.29 is 22.0 Å². The van der Waals surface area contributed by atoms with E-state index in [9.17, 15) is 22.0 Å². The Hall–Kier alpha value is -0.870. The Morgan fingerprint density at radius 3 is 1.36 bits per heavy atom. The van der Waals surface area contributed by atoms with Gasteiger partial charge in [-0.1, -0.05) is 6.58 Å². The number of allylic oxidation sites excluding steroid dienone is 1. The molecule has 0 saturated heterocycles. The summed E-state index contributed by atoms with van der Waals surface area (Å²) in [6.45, 7) is 4.87. The second-order valence-electron chi connectivity index (χ2n) is 1.45. The summed E-state index contributed by atoms with van der Waals surface area (Å²) in [7, 11) is 0. The van der Waals surface area contributed by atoms with E-state index in [0.29, 0.717) is 0 Å². The molecule has 0 atom stereocenters. The molecule has 0 aromatic heterocycles. The van der Waals surface area contributed by atoms with Crippen LogP contribution < -0.4 is 0 Å². The van der Waals surface area contributed by atoms with E-state index in [1.165, 1.54) is 0 Å². The Morgan fingerprint density at radius 1 is 1.09 bits per heavy atom. The minimum Gasteiger partial charge on any atom is -0.212 e. The molecule has 0 rings (SSSR count). The van der Waals surface area contributed by atoms with Gasteiger partial charge in [0.1, 0.15) is 0 Å². The van der Waals surface area contributed by atoms with Crippen LogP contribution in [0.3, 0.4) is 0 Å². The lowest BCUT2D eigenvalue weighted by Gasteiger charge is -1.89. The highest BCUT2D eigenvalue weighted by Crippen LogP contribution is 2.07. The molecule has 0 nitrogen and oxygen atoms in total. The van der Waals surface area contributed by atoms with Crippen LogP contribution in [-0.4, -0.2) is 6.43 Å². The van der Waals surface area contributed by atoms with Gasteiger partial charge in [-0.3, -0.25) is 0 Å². The molecule has 0 unspecified atom stereocenters. The van der Waals surface area contributed by atoms with Crippen molar-refractivity contribution in [3.63, 3.8) is 0 Å². The minimum absolute atomic E-state index is 0.833. The van der Waals surface area contributed by atoms with Gasteiger partial charge in [0.2, 0.25) is 6.43 Å². The van der Waals surface area contributed by atoms with Crippen molar-refractivity contribution in [3.8, 4) is 0 Å². The molecule has 0 aromatic rings. The summed E-state index contributed by atoms with van der Waals surface area (Å²) >= 11 is 0. The quantitative estimate of drug-likeness (QED) is 0.562. The highest BCUT2D eigenvalue weighted by Gasteiger charge is 2.02. The van der Waals surface area contributed by atoms with Crippen molar-refractivity contribution in [1.29, 1.82) is 0 Å². The molecule has 0 aromatic carbocycles. The predicted molar refractivity (Wildman–Crippen MR) is 32.2 cm³/mol. The first-order chi connectivity index (χ1) is 4.86. The van der Waals surface area contributed by atoms with E-state index in [0.717, 1.165) is 0 Å². The van der Waals surface area contributed by atoms with Crippen molar-refractivity contribution in [3.05, 3.63) is 25.1 Å². The molecular weight excluding hydrogens is 167 g/mol. The summed E-state index contributed by atoms with van der Waals surface area (Å²) in [4.78, 5) is 0. The van der Waals surface area contributed by atoms with Gasteiger partial charge in [-0.15, -0.1) is 0 Å². The van der Waals surface area contributed by atoms with Crippen molar-refractivity contribution in [2.75, 3.05) is 0 Å². The van der Waals surface area contributed by atoms with Crippen molar-refractivity contribution in [1.82, 2.24) is 0 Å². The molecule has 66 valence electrons. The Balaban J connectivity index is 0. The zero-order valence-corrected chi connectivity index (χ0v) is 5.59. The first-order valence-electron chi connectivity index (χ1n) is 2.47. The Morgan fingerprint density at radius 2 is 1.36 bits per heavy atom. The van der Waals surface area contributed by atoms with Gasteiger partial charge in [0.05, 0.1) is 12.2 Å². The summed E-state index contributed by atoms with van der Waals surface area (Å²) in [5.41, 5.74) is 0. The molecule has 5 heteroatoms. The second-order valence-corrected chi connectivity index (χ2v) is 1.45. The van der Waals surface area contributed by atoms with Crippen LogP contribution >= 0.6 is 0 Å². The monoisotopic (exact) mass is 174 g/mol. The SMILES string of the molecule is C=C(F)CC(F)F.C=C(F)F. The van der Waals surface area contributed by atoms with E-state index < -0.39 is 24.8 Å². The minimum atomic E-state index is -2.60. The maximum absolute atomic E-state index is 11.3. The molecule has 0 bridgehead atoms. The molecule has 0 spiro atoms. The predicted octanol–water partition coefficient (Wildman–Crippen LogP) is 3.52. The molecule has 0 aliphatic heterocycles. The van der Waals surface area contributed by atoms with Crippen LogP contribution in [0.4, 0.5) is 22.0 Å². The highest BCUT2D eigenvalue weighted by molar-refractivity contribution is 4.79. The van der Waals surface area contributed by atoms with E-state index in [1.54, 1.807) is 0 Å². The van der Waals surface area contributed by atoms with E-state index in [1.807, 2.05) is 0 Å². The zero-order valence-electron chi connectivity index (χ0n) is 5.59. The molecule has 0 radical (unpaired) electrons. The largest absolute Gasteiger partial charge is 0.263 e. The molecule has 0 aliphatic carbocycles. The van der Waals surface area contributed by atoms with Gasteiger partial charge in [-0.2, -0.15) is 8.78 Å². The van der Waals surface area contributed by atoms with Gasteiger partial charge in [0.15, 0.2) is 0 Å². The third kappa shape index (κ3) is 47.4. The van der Waals surface area contributed by atoms with Gasteiger partial charge in [0.25, 0.3) is 6.08 Å². The standard InChI is InChI=1S/C4H5F3.C2H2F2/c1-3(5)2-4(6)7;1-2(3)4/h4H,1-2H2;1H2. The third-order valence-electron chi connectivity index (χ3n) is 0.376. The summed E-state index contributed by atoms with van der Waals surface area (Å²) in [5, 5.41) is 0. The normalized spacial score (nSPS) is 8.55. The molecule has 0 N–H and O–H groups in total. The van der Waals surface area contributed by atoms with Gasteiger partial charge in [0, 0.05) is 0 Å². The summed E-state index contributed by atoms with van der Waals surface area (Å²) in [5.74, 6) is -0.963. The summed E-state index contributed by atoms with van der Waals surface area (Å²) < 4.78 is 53.5. The van der Waals surface area contributed by atoms with Crippen LogP contribution in [0.15, 0.2) is 25.1 Å². The fourth-order valence-corrected chi connectivity index (χ4v) is 0.167. The van der Waals surface area contributed by atoms with Gasteiger partial charge in [-0.25, -0.2) is 13.2 Å². The topological polar surface area (TPSA) is 0 Å². The molecule has 0 fully saturated rings. The molecule has 0 saturated carbocycles. The van der Waals surface area contributed by atoms with Crippen LogP contribution in [0.2, 0.25) is 0 Å². The Labute approximate surface area is 61.0 Å². The van der Waals surface area contributed by atoms with Gasteiger partial charge >= 0.3 is 0 Å². The molecule has 0 heterocycles. The molecule has 11 heavy (non-hydrogen) atoms. The first kappa shape index (κ1) is 12.8. The lowest BCUT2D eigenvalue weighted by molar-refractivity contribution is 0.141. The number of hydrogen-bond acceptors (Lipinski definition) is 0. The first-order valence-corrected chi connectivity index (χ1v) is 2.47. The maximum atomic E-state index is 11.3. The van der Waals surface area contributed by atoms with Crippen molar-refractivity contribution in [2.24, 2.45) is 0 Å². The van der Waals surface area contributed by atoms with Gasteiger partial charge < -0.3 is 0 Å². The average Bonchev–Trinajstić information content (AvgIpc) is 1.56. The summed E-state index contributed by atoms with van der Waals surface area (Å²) in [6, 6.07) is 0. The fraction of sp³-hybridized carbons (Fsp3) is 0.333. The molecule has 0 amide bonds. The number of hydrogen-bond donors (Lipinski definition) is 0. The van der Waals surface area contributed by atoms with Crippen molar-refractivity contribution in [2.45, 2.75) is 12.8 Å². The zero-order chi connectivity index (χ0) is 9.44. The number of halogens is 5. The lowest BCUT2D eigenvalue weighted by atomic mass is 10.4. The van der Waals surface area contributed by atoms with E-state index >= 15 is 0 Å². The van der Waals surface area contributed by atoms with Crippen LogP contribution in [-0.2, 0) is 0 Å². The molecule has 0 aliphatic rings. The molecular formula is C6H7F5. The van der Waals surface area contributed by atoms with Crippen LogP contribution in [0.25, 0.3) is 0 Å².